The number of hydrogen-bond acceptors (Lipinski definition) is 4. The molecule has 0 spiro atoms. The normalized spacial score (nSPS) is 16.1. The molecule has 1 aliphatic heterocycles. The number of piperidine rings is 1. The maximum absolute atomic E-state index is 15.2. The fourth-order valence-electron chi connectivity index (χ4n) is 4.03. The number of nitrogens with one attached hydrogen (secondary N) is 2. The zero-order valence-electron chi connectivity index (χ0n) is 18.8. The molecule has 7 nitrogen and oxygen atoms in total. The van der Waals surface area contributed by atoms with Gasteiger partial charge in [0.1, 0.15) is 11.9 Å². The van der Waals surface area contributed by atoms with Crippen molar-refractivity contribution in [3.63, 3.8) is 0 Å². The lowest BCUT2D eigenvalue weighted by atomic mass is 10.0. The van der Waals surface area contributed by atoms with Gasteiger partial charge in [0.25, 0.3) is 0 Å². The number of amides is 3. The van der Waals surface area contributed by atoms with Crippen LogP contribution in [0, 0.1) is 5.82 Å². The van der Waals surface area contributed by atoms with E-state index in [1.807, 2.05) is 0 Å². The minimum atomic E-state index is -3.52. The van der Waals surface area contributed by atoms with E-state index in [-0.39, 0.29) is 10.6 Å². The number of rotatable bonds is 5. The number of sulfone groups is 1. The SMILES string of the molecule is CS(=O)(=O)c1ccccc1-c1ccc(N2CCC[C@@H](NC(=O)Nc3ccc(Cl)cc3)C2=O)c(F)c1. The monoisotopic (exact) mass is 515 g/mol. The number of hydrogen-bond donors (Lipinski definition) is 2. The third-order valence-electron chi connectivity index (χ3n) is 5.68. The molecule has 0 saturated carbocycles. The first-order valence-corrected chi connectivity index (χ1v) is 13.1. The number of carbonyl (C=O) groups is 2. The van der Waals surface area contributed by atoms with E-state index in [2.05, 4.69) is 10.6 Å². The van der Waals surface area contributed by atoms with Gasteiger partial charge < -0.3 is 15.5 Å². The maximum Gasteiger partial charge on any atom is 0.319 e. The Morgan fingerprint density at radius 3 is 2.49 bits per heavy atom. The smallest absolute Gasteiger partial charge is 0.319 e. The molecule has 1 saturated heterocycles. The van der Waals surface area contributed by atoms with Crippen LogP contribution in [0.4, 0.5) is 20.6 Å². The number of benzene rings is 3. The highest BCUT2D eigenvalue weighted by Crippen LogP contribution is 2.32. The van der Waals surface area contributed by atoms with Crippen molar-refractivity contribution in [3.05, 3.63) is 77.6 Å². The molecule has 35 heavy (non-hydrogen) atoms. The van der Waals surface area contributed by atoms with Crippen LogP contribution in [0.15, 0.2) is 71.6 Å². The van der Waals surface area contributed by atoms with Gasteiger partial charge in [-0.3, -0.25) is 4.79 Å². The molecule has 0 radical (unpaired) electrons. The van der Waals surface area contributed by atoms with Crippen LogP contribution in [0.3, 0.4) is 0 Å². The second-order valence-corrected chi connectivity index (χ2v) is 10.6. The van der Waals surface area contributed by atoms with Gasteiger partial charge in [0.2, 0.25) is 5.91 Å². The summed E-state index contributed by atoms with van der Waals surface area (Å²) in [5.41, 5.74) is 1.35. The van der Waals surface area contributed by atoms with Gasteiger partial charge in [-0.1, -0.05) is 35.9 Å². The summed E-state index contributed by atoms with van der Waals surface area (Å²) in [5, 5.41) is 5.82. The fourth-order valence-corrected chi connectivity index (χ4v) is 5.07. The molecule has 0 bridgehead atoms. The summed E-state index contributed by atoms with van der Waals surface area (Å²) in [5.74, 6) is -1.09. The molecule has 1 fully saturated rings. The number of anilines is 2. The van der Waals surface area contributed by atoms with E-state index in [1.165, 1.54) is 23.1 Å². The van der Waals surface area contributed by atoms with Gasteiger partial charge in [-0.2, -0.15) is 0 Å². The number of halogens is 2. The number of urea groups is 1. The average molecular weight is 516 g/mol. The molecule has 182 valence electrons. The van der Waals surface area contributed by atoms with Crippen molar-refractivity contribution in [2.45, 2.75) is 23.8 Å². The van der Waals surface area contributed by atoms with Crippen LogP contribution in [0.5, 0.6) is 0 Å². The van der Waals surface area contributed by atoms with Crippen LogP contribution in [-0.2, 0) is 14.6 Å². The molecule has 1 atom stereocenters. The molecule has 10 heteroatoms. The number of carbonyl (C=O) groups excluding carboxylic acids is 2. The molecular weight excluding hydrogens is 493 g/mol. The van der Waals surface area contributed by atoms with E-state index < -0.39 is 33.6 Å². The van der Waals surface area contributed by atoms with E-state index >= 15 is 4.39 Å². The lowest BCUT2D eigenvalue weighted by molar-refractivity contribution is -0.121. The van der Waals surface area contributed by atoms with Crippen molar-refractivity contribution >= 4 is 44.8 Å². The predicted octanol–water partition coefficient (Wildman–Crippen LogP) is 4.87. The summed E-state index contributed by atoms with van der Waals surface area (Å²) in [6, 6.07) is 15.8. The second kappa shape index (κ2) is 10.1. The molecule has 1 heterocycles. The Labute approximate surface area is 207 Å². The van der Waals surface area contributed by atoms with Crippen LogP contribution in [0.2, 0.25) is 5.02 Å². The first-order valence-electron chi connectivity index (χ1n) is 10.9. The third-order valence-corrected chi connectivity index (χ3v) is 7.09. The van der Waals surface area contributed by atoms with Gasteiger partial charge in [-0.15, -0.1) is 0 Å². The van der Waals surface area contributed by atoms with Crippen LogP contribution in [-0.4, -0.2) is 39.2 Å². The van der Waals surface area contributed by atoms with Crippen LogP contribution in [0.1, 0.15) is 12.8 Å². The Balaban J connectivity index is 1.52. The van der Waals surface area contributed by atoms with E-state index in [1.54, 1.807) is 48.5 Å². The summed E-state index contributed by atoms with van der Waals surface area (Å²) in [6.07, 6.45) is 2.08. The Morgan fingerprint density at radius 2 is 1.80 bits per heavy atom. The zero-order chi connectivity index (χ0) is 25.2. The fraction of sp³-hybridized carbons (Fsp3) is 0.200. The van der Waals surface area contributed by atoms with Crippen molar-refractivity contribution in [2.75, 3.05) is 23.0 Å². The van der Waals surface area contributed by atoms with Crippen LogP contribution in [0.25, 0.3) is 11.1 Å². The first-order chi connectivity index (χ1) is 16.6. The van der Waals surface area contributed by atoms with Crippen LogP contribution < -0.4 is 15.5 Å². The minimum Gasteiger partial charge on any atom is -0.326 e. The lowest BCUT2D eigenvalue weighted by Gasteiger charge is -2.33. The van der Waals surface area contributed by atoms with Gasteiger partial charge >= 0.3 is 6.03 Å². The second-order valence-electron chi connectivity index (χ2n) is 8.22. The standard InChI is InChI=1S/C25H23ClFN3O4S/c1-35(33,34)23-7-3-2-5-19(23)16-8-13-22(20(27)15-16)30-14-4-6-21(24(30)31)29-25(32)28-18-11-9-17(26)10-12-18/h2-3,5,7-13,15,21H,4,6,14H2,1H3,(H2,28,29,32)/t21-/m1/s1. The average Bonchev–Trinajstić information content (AvgIpc) is 2.82. The van der Waals surface area contributed by atoms with Crippen molar-refractivity contribution in [2.24, 2.45) is 0 Å². The largest absolute Gasteiger partial charge is 0.326 e. The highest BCUT2D eigenvalue weighted by molar-refractivity contribution is 7.90. The Bertz CT molecular complexity index is 1380. The Hall–Kier alpha value is -3.43. The van der Waals surface area contributed by atoms with Gasteiger partial charge in [0.15, 0.2) is 9.84 Å². The van der Waals surface area contributed by atoms with Gasteiger partial charge in [0.05, 0.1) is 10.6 Å². The Morgan fingerprint density at radius 1 is 1.09 bits per heavy atom. The number of nitrogens with zero attached hydrogens (tertiary/aromatic N) is 1. The molecule has 0 aliphatic carbocycles. The third kappa shape index (κ3) is 5.63. The maximum atomic E-state index is 15.2. The highest BCUT2D eigenvalue weighted by atomic mass is 35.5. The molecule has 1 aliphatic rings. The summed E-state index contributed by atoms with van der Waals surface area (Å²) in [4.78, 5) is 26.9. The van der Waals surface area contributed by atoms with E-state index in [0.29, 0.717) is 41.2 Å². The molecule has 3 amide bonds. The molecular formula is C25H23ClFN3O4S. The van der Waals surface area contributed by atoms with Crippen molar-refractivity contribution in [3.8, 4) is 11.1 Å². The quantitative estimate of drug-likeness (QED) is 0.507. The highest BCUT2D eigenvalue weighted by Gasteiger charge is 2.32. The first kappa shape index (κ1) is 24.7. The summed E-state index contributed by atoms with van der Waals surface area (Å²) in [7, 11) is -3.52. The summed E-state index contributed by atoms with van der Waals surface area (Å²) >= 11 is 5.85. The van der Waals surface area contributed by atoms with E-state index in [4.69, 9.17) is 11.6 Å². The molecule has 0 aromatic heterocycles. The van der Waals surface area contributed by atoms with Gasteiger partial charge in [-0.05, 0) is 60.9 Å². The van der Waals surface area contributed by atoms with Gasteiger partial charge in [-0.25, -0.2) is 17.6 Å². The zero-order valence-corrected chi connectivity index (χ0v) is 20.4. The van der Waals surface area contributed by atoms with E-state index in [9.17, 15) is 18.0 Å². The topological polar surface area (TPSA) is 95.6 Å². The van der Waals surface area contributed by atoms with E-state index in [0.717, 1.165) is 6.26 Å². The van der Waals surface area contributed by atoms with Crippen LogP contribution >= 0.6 is 11.6 Å². The molecule has 4 rings (SSSR count). The summed E-state index contributed by atoms with van der Waals surface area (Å²) < 4.78 is 39.4. The summed E-state index contributed by atoms with van der Waals surface area (Å²) in [6.45, 7) is 0.298. The van der Waals surface area contributed by atoms with Crippen molar-refractivity contribution < 1.29 is 22.4 Å². The van der Waals surface area contributed by atoms with Crippen molar-refractivity contribution in [1.29, 1.82) is 0 Å². The van der Waals surface area contributed by atoms with Gasteiger partial charge in [0, 0.05) is 29.1 Å². The molecule has 3 aromatic rings. The lowest BCUT2D eigenvalue weighted by Crippen LogP contribution is -2.53. The predicted molar refractivity (Wildman–Crippen MR) is 134 cm³/mol. The minimum absolute atomic E-state index is 0.0696. The molecule has 0 unspecified atom stereocenters. The molecule has 2 N–H and O–H groups in total. The van der Waals surface area contributed by atoms with Crippen molar-refractivity contribution in [1.82, 2.24) is 5.32 Å². The Kier molecular flexibility index (Phi) is 7.09. The molecule has 3 aromatic carbocycles.